The third-order valence-electron chi connectivity index (χ3n) is 4.71. The van der Waals surface area contributed by atoms with E-state index >= 15 is 0 Å². The number of aliphatic imine (C=N–C) groups is 1. The number of aliphatic carboxylic acids is 1. The zero-order chi connectivity index (χ0) is 23.0. The highest BCUT2D eigenvalue weighted by Crippen LogP contribution is 2.23. The van der Waals surface area contributed by atoms with Gasteiger partial charge in [0.15, 0.2) is 12.1 Å². The van der Waals surface area contributed by atoms with Crippen molar-refractivity contribution in [1.29, 1.82) is 0 Å². The van der Waals surface area contributed by atoms with Gasteiger partial charge in [-0.25, -0.2) is 9.79 Å². The summed E-state index contributed by atoms with van der Waals surface area (Å²) in [5, 5.41) is 12.1. The summed E-state index contributed by atoms with van der Waals surface area (Å²) in [5.74, 6) is -2.99. The quantitative estimate of drug-likeness (QED) is 0.316. The second kappa shape index (κ2) is 11.0. The molecule has 0 spiro atoms. The third kappa shape index (κ3) is 6.73. The van der Waals surface area contributed by atoms with Gasteiger partial charge in [-0.15, -0.1) is 0 Å². The van der Waals surface area contributed by atoms with Gasteiger partial charge in [0, 0.05) is 20.0 Å². The number of carbonyl (C=O) groups excluding carboxylic acids is 2. The molecule has 3 atom stereocenters. The molecule has 1 unspecified atom stereocenters. The van der Waals surface area contributed by atoms with Crippen molar-refractivity contribution < 1.29 is 24.2 Å². The maximum absolute atomic E-state index is 13.4. The molecule has 0 radical (unpaired) electrons. The molecule has 168 valence electrons. The number of benzene rings is 1. The number of carboxylic acids is 1. The van der Waals surface area contributed by atoms with Crippen molar-refractivity contribution in [3.63, 3.8) is 0 Å². The summed E-state index contributed by atoms with van der Waals surface area (Å²) >= 11 is 0. The van der Waals surface area contributed by atoms with Gasteiger partial charge in [0.25, 0.3) is 5.91 Å². The summed E-state index contributed by atoms with van der Waals surface area (Å²) in [6.07, 6.45) is 1.19. The highest BCUT2D eigenvalue weighted by Gasteiger charge is 2.43. The summed E-state index contributed by atoms with van der Waals surface area (Å²) in [4.78, 5) is 42.4. The maximum Gasteiger partial charge on any atom is 0.370 e. The number of nitrogens with one attached hydrogen (secondary N) is 1. The summed E-state index contributed by atoms with van der Waals surface area (Å²) in [6, 6.07) is 7.74. The first kappa shape index (κ1) is 23.7. The van der Waals surface area contributed by atoms with Gasteiger partial charge in [0.1, 0.15) is 12.1 Å². The van der Waals surface area contributed by atoms with Crippen molar-refractivity contribution in [2.45, 2.75) is 44.9 Å². The van der Waals surface area contributed by atoms with Gasteiger partial charge in [-0.3, -0.25) is 9.59 Å². The molecule has 6 N–H and O–H groups in total. The molecular formula is C21H29N5O5. The van der Waals surface area contributed by atoms with Gasteiger partial charge in [0.05, 0.1) is 0 Å². The van der Waals surface area contributed by atoms with Crippen LogP contribution in [-0.2, 0) is 25.5 Å². The smallest absolute Gasteiger partial charge is 0.370 e. The van der Waals surface area contributed by atoms with Crippen molar-refractivity contribution in [2.75, 3.05) is 13.1 Å². The van der Waals surface area contributed by atoms with E-state index in [2.05, 4.69) is 10.3 Å². The van der Waals surface area contributed by atoms with Crippen LogP contribution in [0.15, 0.2) is 47.2 Å². The van der Waals surface area contributed by atoms with Crippen molar-refractivity contribution in [3.05, 3.63) is 47.7 Å². The van der Waals surface area contributed by atoms with Crippen LogP contribution in [0.3, 0.4) is 0 Å². The van der Waals surface area contributed by atoms with Crippen LogP contribution in [0.1, 0.15) is 25.8 Å². The number of amides is 2. The van der Waals surface area contributed by atoms with E-state index in [1.807, 2.05) is 37.3 Å². The Bertz CT molecular complexity index is 851. The number of carboxylic acid groups (broad SMARTS) is 1. The second-order valence-electron chi connectivity index (χ2n) is 7.21. The van der Waals surface area contributed by atoms with Crippen molar-refractivity contribution in [3.8, 4) is 0 Å². The fourth-order valence-corrected chi connectivity index (χ4v) is 3.39. The van der Waals surface area contributed by atoms with Gasteiger partial charge in [0.2, 0.25) is 11.7 Å². The van der Waals surface area contributed by atoms with Crippen LogP contribution < -0.4 is 16.8 Å². The molecule has 0 aliphatic carbocycles. The van der Waals surface area contributed by atoms with E-state index in [0.29, 0.717) is 25.9 Å². The Morgan fingerprint density at radius 1 is 1.19 bits per heavy atom. The number of ether oxygens (including phenoxy) is 1. The Morgan fingerprint density at radius 2 is 1.87 bits per heavy atom. The topological polar surface area (TPSA) is 160 Å². The van der Waals surface area contributed by atoms with Crippen LogP contribution in [-0.4, -0.2) is 65.0 Å². The second-order valence-corrected chi connectivity index (χ2v) is 7.21. The first-order valence-corrected chi connectivity index (χ1v) is 10.0. The number of carbonyl (C=O) groups is 3. The van der Waals surface area contributed by atoms with Gasteiger partial charge in [-0.1, -0.05) is 37.3 Å². The Kier molecular flexibility index (Phi) is 8.42. The molecule has 1 aliphatic heterocycles. The van der Waals surface area contributed by atoms with Crippen LogP contribution >= 0.6 is 0 Å². The number of nitrogens with two attached hydrogens (primary N) is 2. The molecule has 2 amide bonds. The standard InChI is InChI=1S/C21H29N5O5/c1-3-10-26(11-9-14-7-5-4-6-8-14)19(28)18-17(24-13(2)27)15(25-21(22)23)12-16(31-18)20(29)30/h4-8,12,15,17-18H,3,9-11H2,1-2H3,(H,24,27)(H,29,30)(H4,22,23,25)/t15?,17-,18-/m1/s1. The molecule has 10 heteroatoms. The van der Waals surface area contributed by atoms with Gasteiger partial charge in [-0.05, 0) is 24.5 Å². The van der Waals surface area contributed by atoms with Crippen molar-refractivity contribution >= 4 is 23.7 Å². The van der Waals surface area contributed by atoms with E-state index < -0.39 is 41.7 Å². The molecule has 0 saturated heterocycles. The summed E-state index contributed by atoms with van der Waals surface area (Å²) in [5.41, 5.74) is 12.0. The molecule has 0 fully saturated rings. The first-order valence-electron chi connectivity index (χ1n) is 10.0. The molecule has 0 saturated carbocycles. The lowest BCUT2D eigenvalue weighted by molar-refractivity contribution is -0.149. The molecule has 10 nitrogen and oxygen atoms in total. The summed E-state index contributed by atoms with van der Waals surface area (Å²) in [7, 11) is 0. The SMILES string of the molecule is CCCN(CCc1ccccc1)C(=O)[C@@H]1OC(C(=O)O)=CC(N=C(N)N)[C@H]1NC(C)=O. The largest absolute Gasteiger partial charge is 0.475 e. The van der Waals surface area contributed by atoms with E-state index in [1.54, 1.807) is 4.90 Å². The van der Waals surface area contributed by atoms with Crippen molar-refractivity contribution in [2.24, 2.45) is 16.5 Å². The fourth-order valence-electron chi connectivity index (χ4n) is 3.39. The minimum atomic E-state index is -1.36. The molecule has 31 heavy (non-hydrogen) atoms. The first-order chi connectivity index (χ1) is 14.7. The summed E-state index contributed by atoms with van der Waals surface area (Å²) < 4.78 is 5.52. The monoisotopic (exact) mass is 431 g/mol. The Balaban J connectivity index is 2.34. The highest BCUT2D eigenvalue weighted by molar-refractivity contribution is 5.89. The van der Waals surface area contributed by atoms with Crippen LogP contribution in [0.25, 0.3) is 0 Å². The fraction of sp³-hybridized carbons (Fsp3) is 0.429. The number of rotatable bonds is 9. The van der Waals surface area contributed by atoms with E-state index in [0.717, 1.165) is 5.56 Å². The predicted molar refractivity (Wildman–Crippen MR) is 115 cm³/mol. The zero-order valence-electron chi connectivity index (χ0n) is 17.7. The molecule has 0 bridgehead atoms. The van der Waals surface area contributed by atoms with Crippen molar-refractivity contribution in [1.82, 2.24) is 10.2 Å². The predicted octanol–water partition coefficient (Wildman–Crippen LogP) is -0.0183. The lowest BCUT2D eigenvalue weighted by Gasteiger charge is -2.37. The minimum absolute atomic E-state index is 0.302. The van der Waals surface area contributed by atoms with Crippen LogP contribution in [0.4, 0.5) is 0 Å². The molecule has 1 aromatic rings. The third-order valence-corrected chi connectivity index (χ3v) is 4.71. The summed E-state index contributed by atoms with van der Waals surface area (Å²) in [6.45, 7) is 4.06. The van der Waals surface area contributed by atoms with Crippen LogP contribution in [0, 0.1) is 0 Å². The Hall–Kier alpha value is -3.56. The number of guanidine groups is 1. The van der Waals surface area contributed by atoms with Gasteiger partial charge in [-0.2, -0.15) is 0 Å². The normalized spacial score (nSPS) is 20.1. The average Bonchev–Trinajstić information content (AvgIpc) is 2.71. The Morgan fingerprint density at radius 3 is 2.42 bits per heavy atom. The lowest BCUT2D eigenvalue weighted by Crippen LogP contribution is -2.59. The maximum atomic E-state index is 13.4. The lowest BCUT2D eigenvalue weighted by atomic mass is 9.97. The number of hydrogen-bond acceptors (Lipinski definition) is 5. The van der Waals surface area contributed by atoms with E-state index in [9.17, 15) is 19.5 Å². The van der Waals surface area contributed by atoms with E-state index in [4.69, 9.17) is 16.2 Å². The molecule has 0 aromatic heterocycles. The molecule has 1 aliphatic rings. The van der Waals surface area contributed by atoms with E-state index in [-0.39, 0.29) is 5.96 Å². The molecule has 1 heterocycles. The average molecular weight is 431 g/mol. The minimum Gasteiger partial charge on any atom is -0.475 e. The Labute approximate surface area is 180 Å². The van der Waals surface area contributed by atoms with Gasteiger partial charge >= 0.3 is 5.97 Å². The molecule has 2 rings (SSSR count). The van der Waals surface area contributed by atoms with Crippen LogP contribution in [0.2, 0.25) is 0 Å². The molecular weight excluding hydrogens is 402 g/mol. The zero-order valence-corrected chi connectivity index (χ0v) is 17.7. The number of nitrogens with zero attached hydrogens (tertiary/aromatic N) is 2. The molecule has 1 aromatic carbocycles. The number of hydrogen-bond donors (Lipinski definition) is 4. The van der Waals surface area contributed by atoms with Crippen LogP contribution in [0.5, 0.6) is 0 Å². The van der Waals surface area contributed by atoms with Gasteiger partial charge < -0.3 is 31.5 Å². The van der Waals surface area contributed by atoms with E-state index in [1.165, 1.54) is 13.0 Å². The highest BCUT2D eigenvalue weighted by atomic mass is 16.5.